The van der Waals surface area contributed by atoms with Gasteiger partial charge in [-0.15, -0.1) is 34.0 Å². The minimum absolute atomic E-state index is 1.24. The van der Waals surface area contributed by atoms with Crippen molar-refractivity contribution in [3.63, 3.8) is 0 Å². The van der Waals surface area contributed by atoms with E-state index in [-0.39, 0.29) is 0 Å². The minimum Gasteiger partial charge on any atom is -0.135 e. The van der Waals surface area contributed by atoms with E-state index in [9.17, 15) is 0 Å². The van der Waals surface area contributed by atoms with Crippen LogP contribution in [0.1, 0.15) is 0 Å². The number of benzene rings is 12. The standard InChI is InChI=1S/C64H36S3/c1-3-18-44-42(16-1)60(37-28-31-57-52(34-37)40-14-9-11-26-55(40)65-57)43-17-2-4-19-45(43)61(44)39-30-33-59-54(36-39)50-24-13-25-51(64(50)67-59)63-48-22-7-5-20-46(48)62(47-21-6-8-23-49(47)63)38-29-32-58-53(35-38)41-15-10-12-27-56(41)66-58/h1-36H. The second kappa shape index (κ2) is 14.4. The predicted molar refractivity (Wildman–Crippen MR) is 297 cm³/mol. The Morgan fingerprint density at radius 1 is 0.194 bits per heavy atom. The molecule has 3 heterocycles. The first kappa shape index (κ1) is 37.5. The Hall–Kier alpha value is -7.66. The summed E-state index contributed by atoms with van der Waals surface area (Å²) < 4.78 is 7.95. The van der Waals surface area contributed by atoms with Gasteiger partial charge in [-0.2, -0.15) is 0 Å². The summed E-state index contributed by atoms with van der Waals surface area (Å²) in [5.41, 5.74) is 10.2. The summed E-state index contributed by atoms with van der Waals surface area (Å²) in [7, 11) is 0. The lowest BCUT2D eigenvalue weighted by atomic mass is 9.85. The summed E-state index contributed by atoms with van der Waals surface area (Å²) in [6.07, 6.45) is 0. The van der Waals surface area contributed by atoms with Gasteiger partial charge < -0.3 is 0 Å². The van der Waals surface area contributed by atoms with Crippen molar-refractivity contribution in [1.82, 2.24) is 0 Å². The van der Waals surface area contributed by atoms with Gasteiger partial charge in [0.25, 0.3) is 0 Å². The lowest BCUT2D eigenvalue weighted by molar-refractivity contribution is 1.70. The molecule has 3 heteroatoms. The predicted octanol–water partition coefficient (Wildman–Crippen LogP) is 20.1. The highest BCUT2D eigenvalue weighted by molar-refractivity contribution is 7.27. The van der Waals surface area contributed by atoms with Crippen molar-refractivity contribution >= 4 is 138 Å². The number of hydrogen-bond donors (Lipinski definition) is 0. The van der Waals surface area contributed by atoms with Crippen LogP contribution in [0.5, 0.6) is 0 Å². The van der Waals surface area contributed by atoms with Gasteiger partial charge in [-0.05, 0) is 131 Å². The maximum atomic E-state index is 2.47. The van der Waals surface area contributed by atoms with Crippen molar-refractivity contribution in [2.24, 2.45) is 0 Å². The van der Waals surface area contributed by atoms with E-state index in [4.69, 9.17) is 0 Å². The molecule has 12 aromatic carbocycles. The normalized spacial score (nSPS) is 12.2. The number of rotatable bonds is 4. The lowest BCUT2D eigenvalue weighted by Crippen LogP contribution is -1.91. The maximum absolute atomic E-state index is 2.47. The summed E-state index contributed by atoms with van der Waals surface area (Å²) in [6, 6.07) is 82.2. The Labute approximate surface area is 397 Å². The molecular formula is C64H36S3. The Morgan fingerprint density at radius 2 is 0.493 bits per heavy atom. The summed E-state index contributed by atoms with van der Waals surface area (Å²) in [4.78, 5) is 0. The van der Waals surface area contributed by atoms with E-state index in [1.807, 2.05) is 34.0 Å². The zero-order valence-corrected chi connectivity index (χ0v) is 38.5. The SMILES string of the molecule is c1ccc2c(c1)sc1ccc(-c3c4ccccc4c(-c4ccc5sc6c(-c7c8ccccc8c(-c8ccc9sc%10ccccc%10c9c8)c8ccccc78)cccc6c5c4)c4ccccc34)cc12. The second-order valence-electron chi connectivity index (χ2n) is 17.8. The first-order valence-corrected chi connectivity index (χ1v) is 25.3. The highest BCUT2D eigenvalue weighted by Crippen LogP contribution is 2.51. The number of fused-ring (bicyclic) bond motifs is 13. The van der Waals surface area contributed by atoms with Gasteiger partial charge in [0.15, 0.2) is 0 Å². The van der Waals surface area contributed by atoms with Crippen LogP contribution in [0.2, 0.25) is 0 Å². The molecule has 0 radical (unpaired) electrons. The first-order valence-electron chi connectivity index (χ1n) is 22.9. The van der Waals surface area contributed by atoms with Gasteiger partial charge in [0, 0.05) is 66.1 Å². The maximum Gasteiger partial charge on any atom is 0.0434 e. The monoisotopic (exact) mass is 900 g/mol. The third-order valence-corrected chi connectivity index (χ3v) is 17.8. The Kier molecular flexibility index (Phi) is 8.08. The van der Waals surface area contributed by atoms with Crippen LogP contribution in [0, 0.1) is 0 Å². The third kappa shape index (κ3) is 5.51. The van der Waals surface area contributed by atoms with E-state index in [1.54, 1.807) is 0 Å². The average molecular weight is 901 g/mol. The van der Waals surface area contributed by atoms with Gasteiger partial charge in [0.05, 0.1) is 0 Å². The molecule has 0 N–H and O–H groups in total. The van der Waals surface area contributed by atoms with E-state index < -0.39 is 0 Å². The second-order valence-corrected chi connectivity index (χ2v) is 21.0. The van der Waals surface area contributed by atoms with Crippen LogP contribution < -0.4 is 0 Å². The van der Waals surface area contributed by atoms with Crippen molar-refractivity contribution in [1.29, 1.82) is 0 Å². The molecule has 0 bridgehead atoms. The van der Waals surface area contributed by atoms with Gasteiger partial charge in [0.1, 0.15) is 0 Å². The molecule has 3 aromatic heterocycles. The lowest BCUT2D eigenvalue weighted by Gasteiger charge is -2.18. The Morgan fingerprint density at radius 3 is 0.896 bits per heavy atom. The first-order chi connectivity index (χ1) is 33.2. The Bertz CT molecular complexity index is 4460. The fourth-order valence-corrected chi connectivity index (χ4v) is 14.8. The molecule has 310 valence electrons. The minimum atomic E-state index is 1.24. The number of thiophene rings is 3. The van der Waals surface area contributed by atoms with E-state index in [2.05, 4.69) is 218 Å². The smallest absolute Gasteiger partial charge is 0.0434 e. The van der Waals surface area contributed by atoms with Crippen LogP contribution in [0.4, 0.5) is 0 Å². The molecule has 0 saturated carbocycles. The molecule has 0 aliphatic heterocycles. The summed E-state index contributed by atoms with van der Waals surface area (Å²) in [5, 5.41) is 18.1. The summed E-state index contributed by atoms with van der Waals surface area (Å²) in [5.74, 6) is 0. The molecule has 0 saturated heterocycles. The molecule has 0 nitrogen and oxygen atoms in total. The van der Waals surface area contributed by atoms with Crippen LogP contribution in [-0.2, 0) is 0 Å². The van der Waals surface area contributed by atoms with Crippen LogP contribution in [0.25, 0.3) is 148 Å². The Balaban J connectivity index is 0.936. The molecule has 0 amide bonds. The van der Waals surface area contributed by atoms with Crippen molar-refractivity contribution in [3.05, 3.63) is 218 Å². The number of hydrogen-bond acceptors (Lipinski definition) is 3. The van der Waals surface area contributed by atoms with Crippen molar-refractivity contribution in [3.8, 4) is 44.5 Å². The van der Waals surface area contributed by atoms with Crippen molar-refractivity contribution < 1.29 is 0 Å². The van der Waals surface area contributed by atoms with Crippen molar-refractivity contribution in [2.45, 2.75) is 0 Å². The van der Waals surface area contributed by atoms with E-state index in [0.29, 0.717) is 0 Å². The molecule has 0 fully saturated rings. The fraction of sp³-hybridized carbons (Fsp3) is 0. The molecule has 0 unspecified atom stereocenters. The van der Waals surface area contributed by atoms with Gasteiger partial charge in [-0.1, -0.05) is 170 Å². The van der Waals surface area contributed by atoms with Gasteiger partial charge in [0.2, 0.25) is 0 Å². The third-order valence-electron chi connectivity index (χ3n) is 14.2. The average Bonchev–Trinajstić information content (AvgIpc) is 4.08. The summed E-state index contributed by atoms with van der Waals surface area (Å²) >= 11 is 5.67. The van der Waals surface area contributed by atoms with Crippen LogP contribution >= 0.6 is 34.0 Å². The molecule has 0 aliphatic carbocycles. The zero-order valence-electron chi connectivity index (χ0n) is 36.0. The molecule has 0 atom stereocenters. The molecule has 15 rings (SSSR count). The molecule has 67 heavy (non-hydrogen) atoms. The fourth-order valence-electron chi connectivity index (χ4n) is 11.4. The molecule has 0 aliphatic rings. The van der Waals surface area contributed by atoms with Gasteiger partial charge in [-0.3, -0.25) is 0 Å². The van der Waals surface area contributed by atoms with Crippen LogP contribution in [0.3, 0.4) is 0 Å². The van der Waals surface area contributed by atoms with E-state index >= 15 is 0 Å². The molecule has 15 aromatic rings. The molecular weight excluding hydrogens is 865 g/mol. The topological polar surface area (TPSA) is 0 Å². The van der Waals surface area contributed by atoms with Crippen molar-refractivity contribution in [2.75, 3.05) is 0 Å². The van der Waals surface area contributed by atoms with E-state index in [0.717, 1.165) is 0 Å². The van der Waals surface area contributed by atoms with E-state index in [1.165, 1.54) is 148 Å². The largest absolute Gasteiger partial charge is 0.135 e. The van der Waals surface area contributed by atoms with Crippen LogP contribution in [-0.4, -0.2) is 0 Å². The van der Waals surface area contributed by atoms with Gasteiger partial charge in [-0.25, -0.2) is 0 Å². The zero-order chi connectivity index (χ0) is 43.7. The highest BCUT2D eigenvalue weighted by atomic mass is 32.1. The van der Waals surface area contributed by atoms with Crippen LogP contribution in [0.15, 0.2) is 218 Å². The summed E-state index contributed by atoms with van der Waals surface area (Å²) in [6.45, 7) is 0. The molecule has 0 spiro atoms. The van der Waals surface area contributed by atoms with Gasteiger partial charge >= 0.3 is 0 Å². The highest BCUT2D eigenvalue weighted by Gasteiger charge is 2.22. The quantitative estimate of drug-likeness (QED) is 0.154.